The van der Waals surface area contributed by atoms with Crippen molar-refractivity contribution >= 4 is 11.0 Å². The van der Waals surface area contributed by atoms with Gasteiger partial charge in [0.25, 0.3) is 0 Å². The first-order chi connectivity index (χ1) is 7.77. The molecule has 0 unspecified atom stereocenters. The lowest BCUT2D eigenvalue weighted by Gasteiger charge is -2.13. The van der Waals surface area contributed by atoms with Crippen molar-refractivity contribution in [2.24, 2.45) is 13.0 Å². The Kier molecular flexibility index (Phi) is 2.17. The maximum absolute atomic E-state index is 4.71. The zero-order valence-electron chi connectivity index (χ0n) is 9.64. The fourth-order valence-electron chi connectivity index (χ4n) is 2.56. The summed E-state index contributed by atoms with van der Waals surface area (Å²) >= 11 is 0. The summed E-state index contributed by atoms with van der Waals surface area (Å²) in [5.74, 6) is 2.36. The predicted molar refractivity (Wildman–Crippen MR) is 63.3 cm³/mol. The highest BCUT2D eigenvalue weighted by Gasteiger charge is 2.28. The molecule has 2 aromatic rings. The molecule has 1 saturated heterocycles. The SMILES string of the molecule is C[C@@H]1CNC[C@H]1c1nc2cnccc2n1C. The van der Waals surface area contributed by atoms with Gasteiger partial charge in [-0.3, -0.25) is 4.98 Å². The number of aromatic nitrogens is 3. The maximum Gasteiger partial charge on any atom is 0.114 e. The Balaban J connectivity index is 2.13. The van der Waals surface area contributed by atoms with Crippen molar-refractivity contribution < 1.29 is 0 Å². The first kappa shape index (κ1) is 9.78. The molecule has 2 atom stereocenters. The molecular weight excluding hydrogens is 200 g/mol. The molecule has 0 spiro atoms. The van der Waals surface area contributed by atoms with Crippen molar-refractivity contribution in [1.82, 2.24) is 19.9 Å². The Morgan fingerprint density at radius 1 is 1.44 bits per heavy atom. The van der Waals surface area contributed by atoms with Crippen molar-refractivity contribution in [3.63, 3.8) is 0 Å². The number of imidazole rings is 1. The van der Waals surface area contributed by atoms with Crippen LogP contribution in [-0.2, 0) is 7.05 Å². The van der Waals surface area contributed by atoms with Crippen LogP contribution in [0.4, 0.5) is 0 Å². The van der Waals surface area contributed by atoms with Crippen molar-refractivity contribution in [3.8, 4) is 0 Å². The Morgan fingerprint density at radius 2 is 2.31 bits per heavy atom. The number of pyridine rings is 1. The number of rotatable bonds is 1. The van der Waals surface area contributed by atoms with Gasteiger partial charge >= 0.3 is 0 Å². The summed E-state index contributed by atoms with van der Waals surface area (Å²) in [6.45, 7) is 4.40. The first-order valence-electron chi connectivity index (χ1n) is 5.74. The summed E-state index contributed by atoms with van der Waals surface area (Å²) < 4.78 is 2.20. The van der Waals surface area contributed by atoms with E-state index in [4.69, 9.17) is 4.98 Å². The highest BCUT2D eigenvalue weighted by Crippen LogP contribution is 2.28. The zero-order chi connectivity index (χ0) is 11.1. The lowest BCUT2D eigenvalue weighted by molar-refractivity contribution is 0.533. The molecule has 0 saturated carbocycles. The highest BCUT2D eigenvalue weighted by atomic mass is 15.1. The van der Waals surface area contributed by atoms with Crippen LogP contribution in [0.2, 0.25) is 0 Å². The Labute approximate surface area is 94.7 Å². The molecular formula is C12H16N4. The monoisotopic (exact) mass is 216 g/mol. The summed E-state index contributed by atoms with van der Waals surface area (Å²) in [5, 5.41) is 3.42. The predicted octanol–water partition coefficient (Wildman–Crippen LogP) is 1.29. The number of hydrogen-bond acceptors (Lipinski definition) is 3. The fourth-order valence-corrected chi connectivity index (χ4v) is 2.56. The quantitative estimate of drug-likeness (QED) is 0.781. The molecule has 0 aliphatic carbocycles. The normalized spacial score (nSPS) is 25.4. The largest absolute Gasteiger partial charge is 0.331 e. The lowest BCUT2D eigenvalue weighted by Crippen LogP contribution is -2.13. The highest BCUT2D eigenvalue weighted by molar-refractivity contribution is 5.74. The second-order valence-electron chi connectivity index (χ2n) is 4.64. The average Bonchev–Trinajstić information content (AvgIpc) is 2.84. The molecule has 0 radical (unpaired) electrons. The summed E-state index contributed by atoms with van der Waals surface area (Å²) in [6.07, 6.45) is 3.66. The Hall–Kier alpha value is -1.42. The zero-order valence-corrected chi connectivity index (χ0v) is 9.64. The van der Waals surface area contributed by atoms with Crippen molar-refractivity contribution in [3.05, 3.63) is 24.3 Å². The van der Waals surface area contributed by atoms with Crippen molar-refractivity contribution in [2.75, 3.05) is 13.1 Å². The van der Waals surface area contributed by atoms with Crippen LogP contribution in [0.5, 0.6) is 0 Å². The molecule has 0 bridgehead atoms. The summed E-state index contributed by atoms with van der Waals surface area (Å²) in [7, 11) is 2.09. The van der Waals surface area contributed by atoms with E-state index in [0.29, 0.717) is 11.8 Å². The second-order valence-corrected chi connectivity index (χ2v) is 4.64. The smallest absolute Gasteiger partial charge is 0.114 e. The molecule has 2 aromatic heterocycles. The second kappa shape index (κ2) is 3.56. The molecule has 3 rings (SSSR count). The molecule has 84 valence electrons. The average molecular weight is 216 g/mol. The third-order valence-electron chi connectivity index (χ3n) is 3.57. The van der Waals surface area contributed by atoms with Gasteiger partial charge in [0.05, 0.1) is 11.7 Å². The number of fused-ring (bicyclic) bond motifs is 1. The third kappa shape index (κ3) is 1.33. The summed E-state index contributed by atoms with van der Waals surface area (Å²) in [4.78, 5) is 8.83. The number of aryl methyl sites for hydroxylation is 1. The fraction of sp³-hybridized carbons (Fsp3) is 0.500. The van der Waals surface area contributed by atoms with E-state index in [1.807, 2.05) is 18.5 Å². The van der Waals surface area contributed by atoms with Crippen LogP contribution in [0.25, 0.3) is 11.0 Å². The Morgan fingerprint density at radius 3 is 3.00 bits per heavy atom. The topological polar surface area (TPSA) is 42.7 Å². The van der Waals surface area contributed by atoms with E-state index in [9.17, 15) is 0 Å². The minimum atomic E-state index is 0.525. The number of hydrogen-bond donors (Lipinski definition) is 1. The molecule has 4 nitrogen and oxygen atoms in total. The number of nitrogens with zero attached hydrogens (tertiary/aromatic N) is 3. The van der Waals surface area contributed by atoms with Crippen LogP contribution in [0, 0.1) is 5.92 Å². The van der Waals surface area contributed by atoms with Crippen LogP contribution in [0.3, 0.4) is 0 Å². The van der Waals surface area contributed by atoms with E-state index in [0.717, 1.165) is 18.6 Å². The van der Waals surface area contributed by atoms with Gasteiger partial charge in [0, 0.05) is 25.7 Å². The van der Waals surface area contributed by atoms with Gasteiger partial charge in [0.2, 0.25) is 0 Å². The molecule has 3 heterocycles. The van der Waals surface area contributed by atoms with Gasteiger partial charge in [-0.1, -0.05) is 6.92 Å². The number of nitrogens with one attached hydrogen (secondary N) is 1. The van der Waals surface area contributed by atoms with Gasteiger partial charge in [0.1, 0.15) is 11.3 Å². The van der Waals surface area contributed by atoms with Crippen LogP contribution < -0.4 is 5.32 Å². The van der Waals surface area contributed by atoms with E-state index in [1.165, 1.54) is 11.3 Å². The molecule has 0 amide bonds. The van der Waals surface area contributed by atoms with Crippen molar-refractivity contribution in [1.29, 1.82) is 0 Å². The van der Waals surface area contributed by atoms with Crippen LogP contribution in [0.1, 0.15) is 18.7 Å². The molecule has 1 fully saturated rings. The van der Waals surface area contributed by atoms with E-state index in [-0.39, 0.29) is 0 Å². The minimum Gasteiger partial charge on any atom is -0.331 e. The summed E-state index contributed by atoms with van der Waals surface area (Å²) in [6, 6.07) is 2.03. The first-order valence-corrected chi connectivity index (χ1v) is 5.74. The van der Waals surface area contributed by atoms with E-state index < -0.39 is 0 Å². The van der Waals surface area contributed by atoms with Crippen LogP contribution >= 0.6 is 0 Å². The van der Waals surface area contributed by atoms with Crippen LogP contribution in [0.15, 0.2) is 18.5 Å². The molecule has 16 heavy (non-hydrogen) atoms. The van der Waals surface area contributed by atoms with Gasteiger partial charge < -0.3 is 9.88 Å². The van der Waals surface area contributed by atoms with Gasteiger partial charge in [-0.15, -0.1) is 0 Å². The molecule has 1 aliphatic heterocycles. The van der Waals surface area contributed by atoms with Gasteiger partial charge in [0.15, 0.2) is 0 Å². The molecule has 0 aromatic carbocycles. The standard InChI is InChI=1S/C12H16N4/c1-8-5-14-6-9(8)12-15-10-7-13-4-3-11(10)16(12)2/h3-4,7-9,14H,5-6H2,1-2H3/t8-,9-/m1/s1. The van der Waals surface area contributed by atoms with E-state index in [2.05, 4.69) is 28.8 Å². The van der Waals surface area contributed by atoms with E-state index in [1.54, 1.807) is 0 Å². The molecule has 1 N–H and O–H groups in total. The van der Waals surface area contributed by atoms with Gasteiger partial charge in [-0.25, -0.2) is 4.98 Å². The van der Waals surface area contributed by atoms with Crippen LogP contribution in [-0.4, -0.2) is 27.6 Å². The molecule has 4 heteroatoms. The maximum atomic E-state index is 4.71. The lowest BCUT2D eigenvalue weighted by atomic mass is 9.97. The van der Waals surface area contributed by atoms with Crippen molar-refractivity contribution in [2.45, 2.75) is 12.8 Å². The summed E-state index contributed by atoms with van der Waals surface area (Å²) in [5.41, 5.74) is 2.17. The molecule has 1 aliphatic rings. The van der Waals surface area contributed by atoms with Gasteiger partial charge in [-0.05, 0) is 18.5 Å². The minimum absolute atomic E-state index is 0.525. The third-order valence-corrected chi connectivity index (χ3v) is 3.57. The Bertz CT molecular complexity index is 517. The van der Waals surface area contributed by atoms with E-state index >= 15 is 0 Å². The van der Waals surface area contributed by atoms with Gasteiger partial charge in [-0.2, -0.15) is 0 Å².